The summed E-state index contributed by atoms with van der Waals surface area (Å²) in [6.07, 6.45) is 3.04. The lowest BCUT2D eigenvalue weighted by Gasteiger charge is -2.36. The van der Waals surface area contributed by atoms with Gasteiger partial charge in [0, 0.05) is 24.4 Å². The molecule has 0 bridgehead atoms. The van der Waals surface area contributed by atoms with Crippen molar-refractivity contribution in [2.45, 2.75) is 32.1 Å². The van der Waals surface area contributed by atoms with Gasteiger partial charge in [-0.3, -0.25) is 4.79 Å². The third kappa shape index (κ3) is 2.59. The topological polar surface area (TPSA) is 32.3 Å². The molecule has 1 atom stereocenters. The highest BCUT2D eigenvalue weighted by Crippen LogP contribution is 2.34. The molecule has 0 saturated carbocycles. The Morgan fingerprint density at radius 3 is 2.65 bits per heavy atom. The summed E-state index contributed by atoms with van der Waals surface area (Å²) in [6.45, 7) is 5.90. The van der Waals surface area contributed by atoms with Crippen LogP contribution in [0, 0.1) is 5.41 Å². The van der Waals surface area contributed by atoms with Gasteiger partial charge < -0.3 is 10.2 Å². The molecule has 0 radical (unpaired) electrons. The van der Waals surface area contributed by atoms with Crippen molar-refractivity contribution in [2.75, 3.05) is 26.2 Å². The Labute approximate surface area is 121 Å². The number of hydrogen-bond acceptors (Lipinski definition) is 2. The van der Waals surface area contributed by atoms with Crippen molar-refractivity contribution in [3.63, 3.8) is 0 Å². The summed E-state index contributed by atoms with van der Waals surface area (Å²) in [5.74, 6) is 0.892. The second kappa shape index (κ2) is 5.57. The van der Waals surface area contributed by atoms with Gasteiger partial charge in [0.05, 0.1) is 0 Å². The van der Waals surface area contributed by atoms with Crippen molar-refractivity contribution in [1.82, 2.24) is 10.2 Å². The van der Waals surface area contributed by atoms with Gasteiger partial charge in [-0.25, -0.2) is 0 Å². The molecule has 1 aromatic rings. The Hall–Kier alpha value is -1.35. The van der Waals surface area contributed by atoms with E-state index in [1.807, 2.05) is 0 Å². The molecule has 1 aromatic carbocycles. The third-order valence-corrected chi connectivity index (χ3v) is 4.97. The molecule has 0 spiro atoms. The normalized spacial score (nSPS) is 25.6. The molecule has 2 fully saturated rings. The SMILES string of the molecule is CC1(C(=O)N2CCC(c3ccccc3)C2)CCNCC1. The number of hydrogen-bond donors (Lipinski definition) is 1. The van der Waals surface area contributed by atoms with E-state index >= 15 is 0 Å². The molecule has 2 aliphatic heterocycles. The summed E-state index contributed by atoms with van der Waals surface area (Å²) in [5.41, 5.74) is 1.23. The minimum absolute atomic E-state index is 0.142. The number of nitrogens with one attached hydrogen (secondary N) is 1. The zero-order valence-electron chi connectivity index (χ0n) is 12.3. The van der Waals surface area contributed by atoms with Crippen LogP contribution in [-0.2, 0) is 4.79 Å². The van der Waals surface area contributed by atoms with Gasteiger partial charge in [0.1, 0.15) is 0 Å². The number of rotatable bonds is 2. The predicted molar refractivity (Wildman–Crippen MR) is 80.6 cm³/mol. The fraction of sp³-hybridized carbons (Fsp3) is 0.588. The molecule has 2 saturated heterocycles. The highest BCUT2D eigenvalue weighted by molar-refractivity contribution is 5.82. The van der Waals surface area contributed by atoms with E-state index in [4.69, 9.17) is 0 Å². The summed E-state index contributed by atoms with van der Waals surface area (Å²) in [7, 11) is 0. The largest absolute Gasteiger partial charge is 0.342 e. The molecular formula is C17H24N2O. The van der Waals surface area contributed by atoms with Crippen LogP contribution < -0.4 is 5.32 Å². The van der Waals surface area contributed by atoms with E-state index < -0.39 is 0 Å². The first-order valence-corrected chi connectivity index (χ1v) is 7.74. The van der Waals surface area contributed by atoms with Crippen LogP contribution in [0.15, 0.2) is 30.3 Å². The number of carbonyl (C=O) groups is 1. The van der Waals surface area contributed by atoms with Gasteiger partial charge in [-0.15, -0.1) is 0 Å². The minimum Gasteiger partial charge on any atom is -0.342 e. The first-order chi connectivity index (χ1) is 9.69. The lowest BCUT2D eigenvalue weighted by Crippen LogP contribution is -2.47. The highest BCUT2D eigenvalue weighted by Gasteiger charge is 2.40. The molecule has 3 nitrogen and oxygen atoms in total. The first kappa shape index (κ1) is 13.6. The second-order valence-electron chi connectivity index (χ2n) is 6.46. The molecule has 20 heavy (non-hydrogen) atoms. The second-order valence-corrected chi connectivity index (χ2v) is 6.46. The molecule has 0 aliphatic carbocycles. The number of amides is 1. The van der Waals surface area contributed by atoms with Crippen LogP contribution in [0.25, 0.3) is 0 Å². The quantitative estimate of drug-likeness (QED) is 0.896. The molecule has 3 heteroatoms. The number of carbonyl (C=O) groups excluding carboxylic acids is 1. The van der Waals surface area contributed by atoms with E-state index in [0.29, 0.717) is 11.8 Å². The van der Waals surface area contributed by atoms with Gasteiger partial charge in [-0.2, -0.15) is 0 Å². The fourth-order valence-electron chi connectivity index (χ4n) is 3.52. The molecule has 1 N–H and O–H groups in total. The van der Waals surface area contributed by atoms with E-state index in [-0.39, 0.29) is 5.41 Å². The molecule has 1 amide bonds. The van der Waals surface area contributed by atoms with Gasteiger partial charge in [0.25, 0.3) is 0 Å². The van der Waals surface area contributed by atoms with Crippen LogP contribution in [0.5, 0.6) is 0 Å². The van der Waals surface area contributed by atoms with Crippen LogP contribution in [0.3, 0.4) is 0 Å². The van der Waals surface area contributed by atoms with Crippen molar-refractivity contribution in [2.24, 2.45) is 5.41 Å². The van der Waals surface area contributed by atoms with Crippen molar-refractivity contribution < 1.29 is 4.79 Å². The van der Waals surface area contributed by atoms with Crippen molar-refractivity contribution >= 4 is 5.91 Å². The van der Waals surface area contributed by atoms with Crippen LogP contribution >= 0.6 is 0 Å². The molecule has 108 valence electrons. The van der Waals surface area contributed by atoms with Gasteiger partial charge in [0.15, 0.2) is 0 Å². The number of benzene rings is 1. The van der Waals surface area contributed by atoms with Crippen LogP contribution in [0.2, 0.25) is 0 Å². The maximum atomic E-state index is 12.8. The Balaban J connectivity index is 1.66. The standard InChI is InChI=1S/C17H24N2O/c1-17(8-10-18-11-9-17)16(20)19-12-7-15(13-19)14-5-3-2-4-6-14/h2-6,15,18H,7-13H2,1H3. The molecule has 2 aliphatic rings. The summed E-state index contributed by atoms with van der Waals surface area (Å²) < 4.78 is 0. The molecule has 0 aromatic heterocycles. The average molecular weight is 272 g/mol. The maximum Gasteiger partial charge on any atom is 0.228 e. The molecular weight excluding hydrogens is 248 g/mol. The van der Waals surface area contributed by atoms with E-state index in [2.05, 4.69) is 47.5 Å². The van der Waals surface area contributed by atoms with Gasteiger partial charge in [-0.1, -0.05) is 37.3 Å². The van der Waals surface area contributed by atoms with Crippen molar-refractivity contribution in [3.8, 4) is 0 Å². The first-order valence-electron chi connectivity index (χ1n) is 7.74. The van der Waals surface area contributed by atoms with Gasteiger partial charge >= 0.3 is 0 Å². The predicted octanol–water partition coefficient (Wildman–Crippen LogP) is 2.39. The summed E-state index contributed by atoms with van der Waals surface area (Å²) in [4.78, 5) is 14.9. The Bertz CT molecular complexity index is 465. The zero-order chi connectivity index (χ0) is 14.0. The summed E-state index contributed by atoms with van der Waals surface area (Å²) in [6, 6.07) is 10.6. The Morgan fingerprint density at radius 1 is 1.25 bits per heavy atom. The molecule has 1 unspecified atom stereocenters. The smallest absolute Gasteiger partial charge is 0.228 e. The Morgan fingerprint density at radius 2 is 1.95 bits per heavy atom. The van der Waals surface area contributed by atoms with E-state index in [0.717, 1.165) is 45.4 Å². The number of likely N-dealkylation sites (tertiary alicyclic amines) is 1. The molecule has 2 heterocycles. The van der Waals surface area contributed by atoms with E-state index in [1.54, 1.807) is 0 Å². The minimum atomic E-state index is -0.142. The lowest BCUT2D eigenvalue weighted by atomic mass is 9.79. The van der Waals surface area contributed by atoms with Crippen LogP contribution in [0.1, 0.15) is 37.7 Å². The van der Waals surface area contributed by atoms with Crippen LogP contribution in [0.4, 0.5) is 0 Å². The van der Waals surface area contributed by atoms with Crippen LogP contribution in [-0.4, -0.2) is 37.0 Å². The zero-order valence-corrected chi connectivity index (χ0v) is 12.3. The maximum absolute atomic E-state index is 12.8. The third-order valence-electron chi connectivity index (χ3n) is 4.97. The fourth-order valence-corrected chi connectivity index (χ4v) is 3.52. The van der Waals surface area contributed by atoms with Crippen molar-refractivity contribution in [1.29, 1.82) is 0 Å². The average Bonchev–Trinajstić information content (AvgIpc) is 2.98. The monoisotopic (exact) mass is 272 g/mol. The van der Waals surface area contributed by atoms with E-state index in [9.17, 15) is 4.79 Å². The molecule has 3 rings (SSSR count). The number of nitrogens with zero attached hydrogens (tertiary/aromatic N) is 1. The Kier molecular flexibility index (Phi) is 3.79. The van der Waals surface area contributed by atoms with E-state index in [1.165, 1.54) is 5.56 Å². The lowest BCUT2D eigenvalue weighted by molar-refractivity contribution is -0.141. The summed E-state index contributed by atoms with van der Waals surface area (Å²) >= 11 is 0. The highest BCUT2D eigenvalue weighted by atomic mass is 16.2. The van der Waals surface area contributed by atoms with Gasteiger partial charge in [-0.05, 0) is 37.9 Å². The summed E-state index contributed by atoms with van der Waals surface area (Å²) in [5, 5.41) is 3.35. The van der Waals surface area contributed by atoms with Crippen molar-refractivity contribution in [3.05, 3.63) is 35.9 Å². The number of piperidine rings is 1. The van der Waals surface area contributed by atoms with Gasteiger partial charge in [0.2, 0.25) is 5.91 Å².